The van der Waals surface area contributed by atoms with Gasteiger partial charge in [-0.05, 0) is 62.1 Å². The van der Waals surface area contributed by atoms with E-state index in [4.69, 9.17) is 4.11 Å². The molecule has 1 aromatic heterocycles. The highest BCUT2D eigenvalue weighted by atomic mass is 15.2. The molecular formula is C26H35N2+. The molecule has 0 amide bonds. The predicted molar refractivity (Wildman–Crippen MR) is 116 cm³/mol. The van der Waals surface area contributed by atoms with Crippen LogP contribution in [-0.2, 0) is 5.41 Å². The Morgan fingerprint density at radius 1 is 0.964 bits per heavy atom. The highest BCUT2D eigenvalue weighted by molar-refractivity contribution is 5.47. The summed E-state index contributed by atoms with van der Waals surface area (Å²) >= 11 is 0. The molecule has 28 heavy (non-hydrogen) atoms. The van der Waals surface area contributed by atoms with Crippen molar-refractivity contribution in [3.8, 4) is 5.69 Å². The molecule has 2 heteroatoms. The lowest BCUT2D eigenvalue weighted by molar-refractivity contribution is -0.582. The van der Waals surface area contributed by atoms with Crippen molar-refractivity contribution in [2.75, 3.05) is 0 Å². The van der Waals surface area contributed by atoms with E-state index < -0.39 is 6.85 Å². The Labute approximate surface area is 174 Å². The van der Waals surface area contributed by atoms with Gasteiger partial charge in [-0.2, -0.15) is 4.57 Å². The molecule has 0 spiro atoms. The molecule has 3 aliphatic rings. The van der Waals surface area contributed by atoms with Crippen molar-refractivity contribution in [1.29, 1.82) is 0 Å². The number of allylic oxidation sites excluding steroid dienone is 1. The molecule has 2 saturated carbocycles. The van der Waals surface area contributed by atoms with Crippen LogP contribution in [0.1, 0.15) is 84.7 Å². The highest BCUT2D eigenvalue weighted by Crippen LogP contribution is 2.54. The van der Waals surface area contributed by atoms with Crippen molar-refractivity contribution >= 4 is 6.20 Å². The van der Waals surface area contributed by atoms with Crippen LogP contribution in [0.25, 0.3) is 11.9 Å². The minimum Gasteiger partial charge on any atom is -0.203 e. The SMILES string of the molecule is [2H]C([2H])([2H])c1n(-c2ccccc2C)c(C)c2[n+]1C=CC2(C1CCCCC1)C1CCCC1. The Bertz CT molecular complexity index is 1000. The zero-order valence-electron chi connectivity index (χ0n) is 20.4. The highest BCUT2D eigenvalue weighted by Gasteiger charge is 2.54. The van der Waals surface area contributed by atoms with Crippen molar-refractivity contribution in [3.63, 3.8) is 0 Å². The largest absolute Gasteiger partial charge is 0.263 e. The van der Waals surface area contributed by atoms with Crippen molar-refractivity contribution < 1.29 is 8.68 Å². The van der Waals surface area contributed by atoms with Crippen LogP contribution in [0.15, 0.2) is 30.3 Å². The van der Waals surface area contributed by atoms with Crippen LogP contribution in [0.2, 0.25) is 0 Å². The maximum absolute atomic E-state index is 8.46. The van der Waals surface area contributed by atoms with E-state index in [1.807, 2.05) is 16.7 Å². The number of para-hydroxylation sites is 1. The van der Waals surface area contributed by atoms with E-state index in [1.54, 1.807) is 0 Å². The first kappa shape index (κ1) is 15.1. The number of imidazole rings is 1. The van der Waals surface area contributed by atoms with Crippen LogP contribution in [-0.4, -0.2) is 4.57 Å². The van der Waals surface area contributed by atoms with Gasteiger partial charge in [0.15, 0.2) is 5.69 Å². The third-order valence-electron chi connectivity index (χ3n) is 7.94. The Balaban J connectivity index is 1.79. The first-order chi connectivity index (χ1) is 14.9. The summed E-state index contributed by atoms with van der Waals surface area (Å²) in [5.74, 6) is 1.67. The Kier molecular flexibility index (Phi) is 3.71. The minimum absolute atomic E-state index is 0.0189. The van der Waals surface area contributed by atoms with E-state index in [9.17, 15) is 0 Å². The van der Waals surface area contributed by atoms with E-state index in [0.29, 0.717) is 17.7 Å². The summed E-state index contributed by atoms with van der Waals surface area (Å²) in [6, 6.07) is 8.18. The molecule has 2 nitrogen and oxygen atoms in total. The van der Waals surface area contributed by atoms with Gasteiger partial charge in [0, 0.05) is 17.9 Å². The van der Waals surface area contributed by atoms with Gasteiger partial charge in [0.25, 0.3) is 5.82 Å². The van der Waals surface area contributed by atoms with Gasteiger partial charge in [-0.1, -0.05) is 50.3 Å². The second-order valence-corrected chi connectivity index (χ2v) is 9.31. The molecule has 2 aliphatic carbocycles. The average Bonchev–Trinajstić information content (AvgIpc) is 3.46. The fourth-order valence-corrected chi connectivity index (χ4v) is 6.68. The number of benzene rings is 1. The molecule has 0 N–H and O–H groups in total. The van der Waals surface area contributed by atoms with E-state index in [1.165, 1.54) is 63.5 Å². The van der Waals surface area contributed by atoms with Gasteiger partial charge >= 0.3 is 0 Å². The van der Waals surface area contributed by atoms with Gasteiger partial charge in [-0.25, -0.2) is 4.57 Å². The van der Waals surface area contributed by atoms with Crippen molar-refractivity contribution in [2.24, 2.45) is 11.8 Å². The molecule has 2 aromatic rings. The summed E-state index contributed by atoms with van der Waals surface area (Å²) in [6.45, 7) is 2.05. The first-order valence-electron chi connectivity index (χ1n) is 12.8. The summed E-state index contributed by atoms with van der Waals surface area (Å²) in [7, 11) is 0. The molecule has 1 aliphatic heterocycles. The molecule has 0 bridgehead atoms. The third kappa shape index (κ3) is 2.49. The van der Waals surface area contributed by atoms with Crippen LogP contribution in [0.3, 0.4) is 0 Å². The second kappa shape index (κ2) is 6.90. The smallest absolute Gasteiger partial charge is 0.203 e. The maximum Gasteiger partial charge on any atom is 0.263 e. The fraction of sp³-hybridized carbons (Fsp3) is 0.577. The lowest BCUT2D eigenvalue weighted by Crippen LogP contribution is -2.45. The van der Waals surface area contributed by atoms with E-state index in [-0.39, 0.29) is 5.41 Å². The average molecular weight is 379 g/mol. The summed E-state index contributed by atoms with van der Waals surface area (Å²) in [6.07, 6.45) is 16.1. The van der Waals surface area contributed by atoms with Crippen molar-refractivity contribution in [2.45, 2.75) is 83.9 Å². The molecule has 1 atom stereocenters. The molecule has 2 heterocycles. The lowest BCUT2D eigenvalue weighted by atomic mass is 9.60. The standard InChI is InChI=1S/C26H35N2/c1-19-11-7-10-16-24(19)28-20(2)25-26(23-14-8-9-15-23,17-18-27(25)21(28)3)22-12-5-4-6-13-22/h7,10-11,16-18,22-23H,4-6,8-9,12-15H2,1-3H3/q+1/i3D3. The number of rotatable bonds is 3. The van der Waals surface area contributed by atoms with Gasteiger partial charge in [0.1, 0.15) is 11.4 Å². The second-order valence-electron chi connectivity index (χ2n) is 9.31. The molecule has 148 valence electrons. The van der Waals surface area contributed by atoms with Gasteiger partial charge in [0.2, 0.25) is 0 Å². The molecular weight excluding hydrogens is 340 g/mol. The number of hydrogen-bond donors (Lipinski definition) is 0. The first-order valence-corrected chi connectivity index (χ1v) is 11.3. The molecule has 1 unspecified atom stereocenters. The van der Waals surface area contributed by atoms with Gasteiger partial charge in [-0.3, -0.25) is 0 Å². The monoisotopic (exact) mass is 378 g/mol. The van der Waals surface area contributed by atoms with Crippen LogP contribution < -0.4 is 4.57 Å². The molecule has 2 fully saturated rings. The summed E-state index contributed by atoms with van der Waals surface area (Å²) < 4.78 is 29.5. The minimum atomic E-state index is -2.19. The van der Waals surface area contributed by atoms with Gasteiger partial charge < -0.3 is 0 Å². The zero-order valence-corrected chi connectivity index (χ0v) is 17.4. The van der Waals surface area contributed by atoms with Crippen molar-refractivity contribution in [1.82, 2.24) is 4.57 Å². The van der Waals surface area contributed by atoms with Crippen LogP contribution in [0.5, 0.6) is 0 Å². The quantitative estimate of drug-likeness (QED) is 0.564. The number of aromatic nitrogens is 2. The van der Waals surface area contributed by atoms with Gasteiger partial charge in [-0.15, -0.1) is 0 Å². The maximum atomic E-state index is 8.46. The van der Waals surface area contributed by atoms with Crippen LogP contribution >= 0.6 is 0 Å². The predicted octanol–water partition coefficient (Wildman–Crippen LogP) is 6.18. The Morgan fingerprint density at radius 2 is 1.61 bits per heavy atom. The topological polar surface area (TPSA) is 8.81 Å². The number of nitrogens with zero attached hydrogens (tertiary/aromatic N) is 2. The van der Waals surface area contributed by atoms with E-state index >= 15 is 0 Å². The van der Waals surface area contributed by atoms with Crippen molar-refractivity contribution in [3.05, 3.63) is 53.1 Å². The molecule has 0 saturated heterocycles. The number of fused-ring (bicyclic) bond motifs is 1. The third-order valence-corrected chi connectivity index (χ3v) is 7.94. The fourth-order valence-electron chi connectivity index (χ4n) is 6.68. The molecule has 1 aromatic carbocycles. The van der Waals surface area contributed by atoms with E-state index in [2.05, 4.69) is 42.8 Å². The normalized spacial score (nSPS) is 27.6. The van der Waals surface area contributed by atoms with Gasteiger partial charge in [0.05, 0.1) is 11.6 Å². The van der Waals surface area contributed by atoms with Crippen LogP contribution in [0.4, 0.5) is 0 Å². The zero-order chi connectivity index (χ0) is 21.8. The summed E-state index contributed by atoms with van der Waals surface area (Å²) in [4.78, 5) is 0. The molecule has 5 rings (SSSR count). The van der Waals surface area contributed by atoms with E-state index in [0.717, 1.165) is 16.9 Å². The molecule has 0 radical (unpaired) electrons. The van der Waals surface area contributed by atoms with Crippen LogP contribution in [0, 0.1) is 32.5 Å². The summed E-state index contributed by atoms with van der Waals surface area (Å²) in [5, 5.41) is 0. The number of aryl methyl sites for hydroxylation is 1. The lowest BCUT2D eigenvalue weighted by Gasteiger charge is -2.41. The number of hydrogen-bond acceptors (Lipinski definition) is 0. The Morgan fingerprint density at radius 3 is 2.25 bits per heavy atom. The summed E-state index contributed by atoms with van der Waals surface area (Å²) in [5.41, 5.74) is 4.46. The Hall–Kier alpha value is -1.83.